The van der Waals surface area contributed by atoms with E-state index in [1.807, 2.05) is 0 Å². The number of aryl methyl sites for hydroxylation is 1. The smallest absolute Gasteiger partial charge is 0.0343 e. The number of benzene rings is 1. The first-order valence-electron chi connectivity index (χ1n) is 6.79. The highest BCUT2D eigenvalue weighted by molar-refractivity contribution is 5.45. The van der Waals surface area contributed by atoms with Gasteiger partial charge in [-0.1, -0.05) is 32.4 Å². The first-order chi connectivity index (χ1) is 8.26. The Bertz CT molecular complexity index is 310. The minimum atomic E-state index is 1.03. The van der Waals surface area contributed by atoms with Crippen molar-refractivity contribution in [2.45, 2.75) is 33.6 Å². The number of rotatable bonds is 8. The lowest BCUT2D eigenvalue weighted by molar-refractivity contribution is 0.294. The number of hydrogen-bond acceptors (Lipinski definition) is 2. The summed E-state index contributed by atoms with van der Waals surface area (Å²) >= 11 is 0. The van der Waals surface area contributed by atoms with E-state index in [0.717, 1.165) is 19.6 Å². The molecule has 2 nitrogen and oxygen atoms in total. The Morgan fingerprint density at radius 3 is 2.65 bits per heavy atom. The van der Waals surface area contributed by atoms with Crippen molar-refractivity contribution in [3.63, 3.8) is 0 Å². The van der Waals surface area contributed by atoms with Gasteiger partial charge in [0.1, 0.15) is 0 Å². The van der Waals surface area contributed by atoms with Crippen LogP contribution in [0.1, 0.15) is 32.3 Å². The fourth-order valence-electron chi connectivity index (χ4n) is 1.92. The van der Waals surface area contributed by atoms with E-state index in [0.29, 0.717) is 0 Å². The van der Waals surface area contributed by atoms with Crippen LogP contribution in [-0.2, 0) is 0 Å². The summed E-state index contributed by atoms with van der Waals surface area (Å²) in [5.74, 6) is 0. The highest BCUT2D eigenvalue weighted by atomic mass is 15.1. The first-order valence-corrected chi connectivity index (χ1v) is 6.79. The van der Waals surface area contributed by atoms with Gasteiger partial charge in [-0.2, -0.15) is 0 Å². The first kappa shape index (κ1) is 14.0. The Labute approximate surface area is 106 Å². The van der Waals surface area contributed by atoms with Crippen molar-refractivity contribution < 1.29 is 0 Å². The van der Waals surface area contributed by atoms with E-state index in [1.165, 1.54) is 30.6 Å². The maximum absolute atomic E-state index is 3.49. The Morgan fingerprint density at radius 2 is 2.00 bits per heavy atom. The second-order valence-corrected chi connectivity index (χ2v) is 4.58. The van der Waals surface area contributed by atoms with Gasteiger partial charge in [-0.3, -0.25) is 0 Å². The maximum Gasteiger partial charge on any atom is 0.0343 e. The van der Waals surface area contributed by atoms with Gasteiger partial charge in [-0.05, 0) is 44.1 Å². The molecule has 0 saturated carbocycles. The molecule has 0 spiro atoms. The van der Waals surface area contributed by atoms with Crippen molar-refractivity contribution in [1.29, 1.82) is 0 Å². The molecule has 96 valence electrons. The average Bonchev–Trinajstić information content (AvgIpc) is 2.33. The molecule has 0 aromatic heterocycles. The molecular formula is C15H26N2. The summed E-state index contributed by atoms with van der Waals surface area (Å²) < 4.78 is 0. The third-order valence-corrected chi connectivity index (χ3v) is 3.05. The van der Waals surface area contributed by atoms with Gasteiger partial charge < -0.3 is 10.2 Å². The van der Waals surface area contributed by atoms with Gasteiger partial charge in [0.25, 0.3) is 0 Å². The molecule has 0 heterocycles. The molecule has 0 atom stereocenters. The van der Waals surface area contributed by atoms with E-state index in [4.69, 9.17) is 0 Å². The van der Waals surface area contributed by atoms with Crippen LogP contribution in [0.2, 0.25) is 0 Å². The van der Waals surface area contributed by atoms with E-state index in [2.05, 4.69) is 55.3 Å². The molecule has 1 N–H and O–H groups in total. The zero-order chi connectivity index (χ0) is 12.5. The predicted molar refractivity (Wildman–Crippen MR) is 76.7 cm³/mol. The molecule has 0 unspecified atom stereocenters. The van der Waals surface area contributed by atoms with Crippen LogP contribution in [-0.4, -0.2) is 31.1 Å². The van der Waals surface area contributed by atoms with Gasteiger partial charge in [-0.15, -0.1) is 0 Å². The van der Waals surface area contributed by atoms with Crippen LogP contribution in [0.15, 0.2) is 24.3 Å². The summed E-state index contributed by atoms with van der Waals surface area (Å²) in [6.45, 7) is 11.1. The molecule has 0 bridgehead atoms. The number of hydrogen-bond donors (Lipinski definition) is 1. The number of nitrogens with zero attached hydrogens (tertiary/aromatic N) is 1. The predicted octanol–water partition coefficient (Wildman–Crippen LogP) is 3.53. The quantitative estimate of drug-likeness (QED) is 0.740. The summed E-state index contributed by atoms with van der Waals surface area (Å²) in [4.78, 5) is 2.51. The third kappa shape index (κ3) is 5.73. The second-order valence-electron chi connectivity index (χ2n) is 4.58. The molecule has 0 radical (unpaired) electrons. The van der Waals surface area contributed by atoms with Crippen molar-refractivity contribution >= 4 is 5.69 Å². The molecule has 0 aliphatic rings. The molecule has 1 aromatic carbocycles. The number of likely N-dealkylation sites (N-methyl/N-ethyl adjacent to an activating group) is 1. The van der Waals surface area contributed by atoms with E-state index < -0.39 is 0 Å². The molecule has 0 aliphatic heterocycles. The molecule has 0 amide bonds. The van der Waals surface area contributed by atoms with Crippen LogP contribution in [0.5, 0.6) is 0 Å². The number of unbranched alkanes of at least 4 members (excludes halogenated alkanes) is 1. The Morgan fingerprint density at radius 1 is 1.18 bits per heavy atom. The highest BCUT2D eigenvalue weighted by Gasteiger charge is 2.00. The fraction of sp³-hybridized carbons (Fsp3) is 0.600. The van der Waals surface area contributed by atoms with Gasteiger partial charge in [0.15, 0.2) is 0 Å². The minimum absolute atomic E-state index is 1.03. The largest absolute Gasteiger partial charge is 0.384 e. The fourth-order valence-corrected chi connectivity index (χ4v) is 1.92. The van der Waals surface area contributed by atoms with E-state index in [1.54, 1.807) is 0 Å². The lowest BCUT2D eigenvalue weighted by Gasteiger charge is -2.20. The Hall–Kier alpha value is -1.02. The zero-order valence-corrected chi connectivity index (χ0v) is 11.5. The topological polar surface area (TPSA) is 15.3 Å². The molecule has 0 saturated heterocycles. The minimum Gasteiger partial charge on any atom is -0.384 e. The lowest BCUT2D eigenvalue weighted by Crippen LogP contribution is -2.29. The van der Waals surface area contributed by atoms with Gasteiger partial charge >= 0.3 is 0 Å². The Balaban J connectivity index is 2.26. The van der Waals surface area contributed by atoms with E-state index >= 15 is 0 Å². The summed E-state index contributed by atoms with van der Waals surface area (Å²) in [5.41, 5.74) is 2.55. The van der Waals surface area contributed by atoms with Crippen LogP contribution in [0.25, 0.3) is 0 Å². The van der Waals surface area contributed by atoms with Crippen molar-refractivity contribution in [3.05, 3.63) is 29.8 Å². The SMILES string of the molecule is CCCCN(CC)CCNc1cccc(C)c1. The van der Waals surface area contributed by atoms with Gasteiger partial charge in [-0.25, -0.2) is 0 Å². The monoisotopic (exact) mass is 234 g/mol. The lowest BCUT2D eigenvalue weighted by atomic mass is 10.2. The zero-order valence-electron chi connectivity index (χ0n) is 11.5. The van der Waals surface area contributed by atoms with Crippen LogP contribution in [0.3, 0.4) is 0 Å². The van der Waals surface area contributed by atoms with Crippen molar-refractivity contribution in [3.8, 4) is 0 Å². The summed E-state index contributed by atoms with van der Waals surface area (Å²) in [6.07, 6.45) is 2.58. The maximum atomic E-state index is 3.49. The molecule has 1 rings (SSSR count). The van der Waals surface area contributed by atoms with Crippen molar-refractivity contribution in [1.82, 2.24) is 4.90 Å². The molecule has 0 fully saturated rings. The van der Waals surface area contributed by atoms with Gasteiger partial charge in [0.05, 0.1) is 0 Å². The Kier molecular flexibility index (Phi) is 6.71. The van der Waals surface area contributed by atoms with E-state index in [-0.39, 0.29) is 0 Å². The number of nitrogens with one attached hydrogen (secondary N) is 1. The van der Waals surface area contributed by atoms with Crippen LogP contribution >= 0.6 is 0 Å². The highest BCUT2D eigenvalue weighted by Crippen LogP contribution is 2.08. The standard InChI is InChI=1S/C15H26N2/c1-4-6-11-17(5-2)12-10-16-15-9-7-8-14(3)13-15/h7-9,13,16H,4-6,10-12H2,1-3H3. The summed E-state index contributed by atoms with van der Waals surface area (Å²) in [7, 11) is 0. The molecule has 0 aliphatic carbocycles. The molecule has 1 aromatic rings. The van der Waals surface area contributed by atoms with Gasteiger partial charge in [0.2, 0.25) is 0 Å². The summed E-state index contributed by atoms with van der Waals surface area (Å²) in [5, 5.41) is 3.49. The van der Waals surface area contributed by atoms with Crippen molar-refractivity contribution in [2.24, 2.45) is 0 Å². The van der Waals surface area contributed by atoms with Crippen LogP contribution in [0.4, 0.5) is 5.69 Å². The summed E-state index contributed by atoms with van der Waals surface area (Å²) in [6, 6.07) is 8.56. The van der Waals surface area contributed by atoms with Crippen molar-refractivity contribution in [2.75, 3.05) is 31.5 Å². The van der Waals surface area contributed by atoms with Crippen LogP contribution < -0.4 is 5.32 Å². The molecule has 2 heteroatoms. The number of anilines is 1. The van der Waals surface area contributed by atoms with Gasteiger partial charge in [0, 0.05) is 18.8 Å². The van der Waals surface area contributed by atoms with E-state index in [9.17, 15) is 0 Å². The van der Waals surface area contributed by atoms with Crippen LogP contribution in [0, 0.1) is 6.92 Å². The molecule has 17 heavy (non-hydrogen) atoms. The normalized spacial score (nSPS) is 10.8. The third-order valence-electron chi connectivity index (χ3n) is 3.05. The second kappa shape index (κ2) is 8.13. The molecular weight excluding hydrogens is 208 g/mol. The average molecular weight is 234 g/mol.